The van der Waals surface area contributed by atoms with Gasteiger partial charge < -0.3 is 15.3 Å². The van der Waals surface area contributed by atoms with E-state index in [2.05, 4.69) is 67.1 Å². The van der Waals surface area contributed by atoms with E-state index in [1.807, 2.05) is 4.90 Å². The zero-order valence-corrected chi connectivity index (χ0v) is 25.7. The van der Waals surface area contributed by atoms with Gasteiger partial charge in [-0.1, -0.05) is 35.9 Å². The number of halogens is 2. The summed E-state index contributed by atoms with van der Waals surface area (Å²) in [6.07, 6.45) is 4.84. The molecule has 224 valence electrons. The Morgan fingerprint density at radius 3 is 2.59 bits per heavy atom. The lowest BCUT2D eigenvalue weighted by Crippen LogP contribution is -2.50. The Labute approximate surface area is 249 Å². The van der Waals surface area contributed by atoms with Crippen molar-refractivity contribution in [3.05, 3.63) is 64.4 Å². The summed E-state index contributed by atoms with van der Waals surface area (Å²) in [6, 6.07) is 14.2. The van der Waals surface area contributed by atoms with Crippen LogP contribution in [0.3, 0.4) is 0 Å². The molecular formula is C33H46ClFN4O2. The number of hydrogen-bond donors (Lipinski definition) is 2. The summed E-state index contributed by atoms with van der Waals surface area (Å²) in [5.74, 6) is 0.0671. The lowest BCUT2D eigenvalue weighted by molar-refractivity contribution is 0.120. The van der Waals surface area contributed by atoms with Crippen LogP contribution in [0.1, 0.15) is 70.9 Å². The molecule has 0 bridgehead atoms. The topological polar surface area (TPSA) is 59.0 Å². The first-order valence-electron chi connectivity index (χ1n) is 15.3. The molecular weight excluding hydrogens is 539 g/mol. The summed E-state index contributed by atoms with van der Waals surface area (Å²) in [7, 11) is 0. The normalized spacial score (nSPS) is 26.0. The third-order valence-corrected chi connectivity index (χ3v) is 9.96. The van der Waals surface area contributed by atoms with Gasteiger partial charge in [-0.25, -0.2) is 9.18 Å². The molecule has 3 fully saturated rings. The molecule has 2 aromatic carbocycles. The van der Waals surface area contributed by atoms with Gasteiger partial charge in [-0.2, -0.15) is 0 Å². The number of carbonyl (C=O) groups is 1. The minimum atomic E-state index is -0.495. The minimum Gasteiger partial charge on any atom is -0.392 e. The maximum absolute atomic E-state index is 13.7. The fourth-order valence-electron chi connectivity index (χ4n) is 7.40. The number of aliphatic hydroxyl groups excluding tert-OH is 1. The van der Waals surface area contributed by atoms with Gasteiger partial charge in [-0.3, -0.25) is 9.80 Å². The Kier molecular flexibility index (Phi) is 9.29. The molecule has 4 atom stereocenters. The smallest absolute Gasteiger partial charge is 0.322 e. The Morgan fingerprint density at radius 1 is 1.15 bits per heavy atom. The van der Waals surface area contributed by atoms with Crippen LogP contribution in [0, 0.1) is 11.7 Å². The van der Waals surface area contributed by atoms with Crippen molar-refractivity contribution in [2.75, 3.05) is 31.5 Å². The summed E-state index contributed by atoms with van der Waals surface area (Å²) in [5, 5.41) is 12.9. The number of aliphatic hydroxyl groups is 1. The van der Waals surface area contributed by atoms with Gasteiger partial charge in [0, 0.05) is 56.5 Å². The first-order valence-corrected chi connectivity index (χ1v) is 15.7. The Morgan fingerprint density at radius 2 is 1.93 bits per heavy atom. The standard InChI is InChI=1S/C33H46ClFN4O2/c1-22(2)38(23(3)4)14-15-39(32(41)36-27-8-9-31(35)30(34)18-27)28-10-12-33(19-26(33)17-28)25-7-5-6-24(16-25)20-37-13-11-29(40)21-37/h5-9,16,18,22-23,26,28-29,40H,10-15,17,19-21H2,1-4H3,(H,36,41)/t26?,28?,29-,33+/m0/s1. The molecule has 0 aromatic heterocycles. The van der Waals surface area contributed by atoms with Gasteiger partial charge in [0.1, 0.15) is 5.82 Å². The Balaban J connectivity index is 1.28. The number of β-amino-alcohol motifs (C(OH)–C–C–N with tert-alkyl or cyclic N) is 1. The zero-order chi connectivity index (χ0) is 29.3. The molecule has 2 N–H and O–H groups in total. The maximum atomic E-state index is 13.7. The van der Waals surface area contributed by atoms with Gasteiger partial charge >= 0.3 is 6.03 Å². The van der Waals surface area contributed by atoms with E-state index in [9.17, 15) is 14.3 Å². The van der Waals surface area contributed by atoms with Gasteiger partial charge in [0.05, 0.1) is 11.1 Å². The van der Waals surface area contributed by atoms with Crippen LogP contribution >= 0.6 is 11.6 Å². The lowest BCUT2D eigenvalue weighted by Gasteiger charge is -2.39. The van der Waals surface area contributed by atoms with Crippen LogP contribution in [0.4, 0.5) is 14.9 Å². The van der Waals surface area contributed by atoms with Crippen molar-refractivity contribution in [2.24, 2.45) is 5.92 Å². The van der Waals surface area contributed by atoms with Gasteiger partial charge in [-0.05, 0) is 100 Å². The monoisotopic (exact) mass is 584 g/mol. The molecule has 2 amide bonds. The number of urea groups is 1. The van der Waals surface area contributed by atoms with E-state index >= 15 is 0 Å². The first kappa shape index (κ1) is 30.3. The van der Waals surface area contributed by atoms with Crippen molar-refractivity contribution in [2.45, 2.75) is 96.0 Å². The van der Waals surface area contributed by atoms with Gasteiger partial charge in [-0.15, -0.1) is 0 Å². The number of amides is 2. The number of benzene rings is 2. The summed E-state index contributed by atoms with van der Waals surface area (Å²) in [5.41, 5.74) is 3.47. The van der Waals surface area contributed by atoms with E-state index in [4.69, 9.17) is 11.6 Å². The van der Waals surface area contributed by atoms with E-state index in [0.29, 0.717) is 30.2 Å². The number of likely N-dealkylation sites (tertiary alicyclic amines) is 1. The first-order chi connectivity index (χ1) is 19.6. The zero-order valence-electron chi connectivity index (χ0n) is 25.0. The average Bonchev–Trinajstić information content (AvgIpc) is 3.53. The third-order valence-electron chi connectivity index (χ3n) is 9.67. The second kappa shape index (κ2) is 12.6. The van der Waals surface area contributed by atoms with Crippen LogP contribution in [-0.2, 0) is 12.0 Å². The van der Waals surface area contributed by atoms with Crippen molar-refractivity contribution in [3.63, 3.8) is 0 Å². The summed E-state index contributed by atoms with van der Waals surface area (Å²) < 4.78 is 13.7. The van der Waals surface area contributed by atoms with Crippen LogP contribution in [0.2, 0.25) is 5.02 Å². The predicted octanol–water partition coefficient (Wildman–Crippen LogP) is 6.51. The molecule has 0 radical (unpaired) electrons. The Bertz CT molecular complexity index is 1220. The largest absolute Gasteiger partial charge is 0.392 e. The van der Waals surface area contributed by atoms with Crippen LogP contribution in [0.5, 0.6) is 0 Å². The molecule has 2 aliphatic carbocycles. The summed E-state index contributed by atoms with van der Waals surface area (Å²) >= 11 is 6.00. The van der Waals surface area contributed by atoms with Crippen LogP contribution in [0.15, 0.2) is 42.5 Å². The van der Waals surface area contributed by atoms with Crippen molar-refractivity contribution in [3.8, 4) is 0 Å². The number of carbonyl (C=O) groups excluding carboxylic acids is 1. The Hall–Kier alpha value is -2.19. The highest BCUT2D eigenvalue weighted by atomic mass is 35.5. The van der Waals surface area contributed by atoms with E-state index < -0.39 is 5.82 Å². The molecule has 2 aromatic rings. The molecule has 8 heteroatoms. The number of nitrogens with one attached hydrogen (secondary N) is 1. The number of fused-ring (bicyclic) bond motifs is 1. The maximum Gasteiger partial charge on any atom is 0.322 e. The van der Waals surface area contributed by atoms with Crippen molar-refractivity contribution in [1.29, 1.82) is 0 Å². The molecule has 1 aliphatic heterocycles. The third kappa shape index (κ3) is 6.90. The molecule has 1 saturated heterocycles. The average molecular weight is 585 g/mol. The molecule has 2 saturated carbocycles. The number of anilines is 1. The molecule has 3 aliphatic rings. The fourth-order valence-corrected chi connectivity index (χ4v) is 7.58. The van der Waals surface area contributed by atoms with Crippen LogP contribution < -0.4 is 5.32 Å². The molecule has 1 heterocycles. The van der Waals surface area contributed by atoms with E-state index in [1.54, 1.807) is 6.07 Å². The van der Waals surface area contributed by atoms with Gasteiger partial charge in [0.25, 0.3) is 0 Å². The van der Waals surface area contributed by atoms with Crippen molar-refractivity contribution >= 4 is 23.3 Å². The number of hydrogen-bond acceptors (Lipinski definition) is 4. The number of rotatable bonds is 10. The van der Waals surface area contributed by atoms with Gasteiger partial charge in [0.2, 0.25) is 0 Å². The SMILES string of the molecule is CC(C)N(CCN(C(=O)Nc1ccc(F)c(Cl)c1)C1CC[C@]2(c3cccc(CN4CC[C@H](O)C4)c3)CC2C1)C(C)C. The second-order valence-corrected chi connectivity index (χ2v) is 13.4. The van der Waals surface area contributed by atoms with Gasteiger partial charge in [0.15, 0.2) is 0 Å². The molecule has 6 nitrogen and oxygen atoms in total. The quantitative estimate of drug-likeness (QED) is 0.334. The summed E-state index contributed by atoms with van der Waals surface area (Å²) in [6.45, 7) is 12.8. The van der Waals surface area contributed by atoms with Crippen LogP contribution in [-0.4, -0.2) is 76.2 Å². The van der Waals surface area contributed by atoms with E-state index in [0.717, 1.165) is 51.9 Å². The highest BCUT2D eigenvalue weighted by Crippen LogP contribution is 2.63. The molecule has 2 unspecified atom stereocenters. The summed E-state index contributed by atoms with van der Waals surface area (Å²) in [4.78, 5) is 20.5. The van der Waals surface area contributed by atoms with E-state index in [-0.39, 0.29) is 28.6 Å². The lowest BCUT2D eigenvalue weighted by atomic mass is 9.80. The van der Waals surface area contributed by atoms with Crippen molar-refractivity contribution in [1.82, 2.24) is 14.7 Å². The van der Waals surface area contributed by atoms with Crippen LogP contribution in [0.25, 0.3) is 0 Å². The molecule has 0 spiro atoms. The highest BCUT2D eigenvalue weighted by molar-refractivity contribution is 6.31. The van der Waals surface area contributed by atoms with E-state index in [1.165, 1.54) is 29.7 Å². The fraction of sp³-hybridized carbons (Fsp3) is 0.606. The second-order valence-electron chi connectivity index (χ2n) is 13.0. The molecule has 5 rings (SSSR count). The highest BCUT2D eigenvalue weighted by Gasteiger charge is 2.58. The molecule has 41 heavy (non-hydrogen) atoms. The van der Waals surface area contributed by atoms with Crippen molar-refractivity contribution < 1.29 is 14.3 Å². The minimum absolute atomic E-state index is 0.00344. The predicted molar refractivity (Wildman–Crippen MR) is 164 cm³/mol. The number of nitrogens with zero attached hydrogens (tertiary/aromatic N) is 3.